The monoisotopic (exact) mass is 360 g/mol. The van der Waals surface area contributed by atoms with Crippen LogP contribution >= 0.6 is 27.5 Å². The number of anilines is 2. The van der Waals surface area contributed by atoms with E-state index in [1.54, 1.807) is 0 Å². The molecule has 0 spiro atoms. The zero-order valence-electron chi connectivity index (χ0n) is 11.3. The Morgan fingerprint density at radius 2 is 1.81 bits per heavy atom. The molecule has 0 saturated heterocycles. The van der Waals surface area contributed by atoms with Crippen molar-refractivity contribution in [2.24, 2.45) is 0 Å². The van der Waals surface area contributed by atoms with Gasteiger partial charge in [-0.1, -0.05) is 40.2 Å². The molecule has 0 atom stereocenters. The van der Waals surface area contributed by atoms with Gasteiger partial charge >= 0.3 is 0 Å². The molecule has 2 aromatic carbocycles. The average Bonchev–Trinajstić information content (AvgIpc) is 2.51. The standard InChI is InChI=1S/C17H14BrClN2/c18-16-3-1-2-15-14(16)9-11-20-17(15)21-13-6-4-12(5-7-13)8-10-19/h1-7,9,11H,8,10H2,(H,20,21). The van der Waals surface area contributed by atoms with Crippen LogP contribution in [0.5, 0.6) is 0 Å². The molecule has 0 bridgehead atoms. The molecule has 0 aliphatic heterocycles. The molecule has 1 N–H and O–H groups in total. The highest BCUT2D eigenvalue weighted by molar-refractivity contribution is 9.10. The lowest BCUT2D eigenvalue weighted by Gasteiger charge is -2.10. The summed E-state index contributed by atoms with van der Waals surface area (Å²) in [6.07, 6.45) is 2.71. The predicted octanol–water partition coefficient (Wildman–Crippen LogP) is 5.52. The summed E-state index contributed by atoms with van der Waals surface area (Å²) in [5.74, 6) is 1.50. The summed E-state index contributed by atoms with van der Waals surface area (Å²) in [4.78, 5) is 4.45. The van der Waals surface area contributed by atoms with Gasteiger partial charge in [0.2, 0.25) is 0 Å². The van der Waals surface area contributed by atoms with Crippen molar-refractivity contribution in [1.82, 2.24) is 4.98 Å². The van der Waals surface area contributed by atoms with Gasteiger partial charge in [-0.2, -0.15) is 0 Å². The molecule has 1 heterocycles. The third kappa shape index (κ3) is 3.20. The summed E-state index contributed by atoms with van der Waals surface area (Å²) < 4.78 is 1.07. The van der Waals surface area contributed by atoms with Crippen molar-refractivity contribution in [3.8, 4) is 0 Å². The van der Waals surface area contributed by atoms with Crippen LogP contribution in [0.25, 0.3) is 10.8 Å². The van der Waals surface area contributed by atoms with Crippen molar-refractivity contribution in [3.63, 3.8) is 0 Å². The van der Waals surface area contributed by atoms with E-state index in [1.165, 1.54) is 5.56 Å². The number of benzene rings is 2. The minimum Gasteiger partial charge on any atom is -0.340 e. The summed E-state index contributed by atoms with van der Waals surface area (Å²) in [5.41, 5.74) is 2.26. The van der Waals surface area contributed by atoms with E-state index in [-0.39, 0.29) is 0 Å². The summed E-state index contributed by atoms with van der Waals surface area (Å²) in [6.45, 7) is 0. The minimum absolute atomic E-state index is 0.645. The smallest absolute Gasteiger partial charge is 0.138 e. The number of halogens is 2. The van der Waals surface area contributed by atoms with E-state index in [1.807, 2.05) is 24.4 Å². The number of rotatable bonds is 4. The quantitative estimate of drug-likeness (QED) is 0.619. The second-order valence-corrected chi connectivity index (χ2v) is 5.99. The number of aryl methyl sites for hydroxylation is 1. The van der Waals surface area contributed by atoms with Gasteiger partial charge < -0.3 is 5.32 Å². The van der Waals surface area contributed by atoms with Crippen molar-refractivity contribution in [2.75, 3.05) is 11.2 Å². The van der Waals surface area contributed by atoms with Crippen LogP contribution in [0.1, 0.15) is 5.56 Å². The van der Waals surface area contributed by atoms with Crippen molar-refractivity contribution < 1.29 is 0 Å². The molecule has 0 radical (unpaired) electrons. The fraction of sp³-hybridized carbons (Fsp3) is 0.118. The first kappa shape index (κ1) is 14.4. The van der Waals surface area contributed by atoms with Crippen LogP contribution in [0.15, 0.2) is 59.2 Å². The van der Waals surface area contributed by atoms with Gasteiger partial charge in [0.1, 0.15) is 5.82 Å². The molecule has 0 fully saturated rings. The fourth-order valence-electron chi connectivity index (χ4n) is 2.27. The van der Waals surface area contributed by atoms with Gasteiger partial charge in [0, 0.05) is 33.0 Å². The third-order valence-electron chi connectivity index (χ3n) is 3.35. The average molecular weight is 362 g/mol. The van der Waals surface area contributed by atoms with Crippen LogP contribution < -0.4 is 5.32 Å². The number of pyridine rings is 1. The van der Waals surface area contributed by atoms with Crippen LogP contribution in [-0.2, 0) is 6.42 Å². The Balaban J connectivity index is 1.93. The van der Waals surface area contributed by atoms with E-state index in [9.17, 15) is 0 Å². The summed E-state index contributed by atoms with van der Waals surface area (Å²) in [6, 6.07) is 16.4. The highest BCUT2D eigenvalue weighted by Crippen LogP contribution is 2.29. The Hall–Kier alpha value is -1.58. The maximum Gasteiger partial charge on any atom is 0.138 e. The molecule has 0 saturated carbocycles. The third-order valence-corrected chi connectivity index (χ3v) is 4.23. The lowest BCUT2D eigenvalue weighted by Crippen LogP contribution is -1.95. The van der Waals surface area contributed by atoms with Crippen LogP contribution in [0.2, 0.25) is 0 Å². The summed E-state index contributed by atoms with van der Waals surface area (Å²) in [7, 11) is 0. The topological polar surface area (TPSA) is 24.9 Å². The predicted molar refractivity (Wildman–Crippen MR) is 93.6 cm³/mol. The lowest BCUT2D eigenvalue weighted by molar-refractivity contribution is 1.15. The first-order valence-electron chi connectivity index (χ1n) is 6.73. The maximum absolute atomic E-state index is 5.76. The number of fused-ring (bicyclic) bond motifs is 1. The molecule has 1 aromatic heterocycles. The molecule has 2 nitrogen and oxygen atoms in total. The first-order chi connectivity index (χ1) is 10.3. The van der Waals surface area contributed by atoms with Gasteiger partial charge in [0.25, 0.3) is 0 Å². The largest absolute Gasteiger partial charge is 0.340 e. The SMILES string of the molecule is ClCCc1ccc(Nc2nccc3c(Br)cccc23)cc1. The Morgan fingerprint density at radius 1 is 1.00 bits per heavy atom. The molecular weight excluding hydrogens is 348 g/mol. The molecule has 106 valence electrons. The second-order valence-electron chi connectivity index (χ2n) is 4.76. The van der Waals surface area contributed by atoms with E-state index in [4.69, 9.17) is 11.6 Å². The Labute approximate surface area is 137 Å². The highest BCUT2D eigenvalue weighted by atomic mass is 79.9. The number of nitrogens with zero attached hydrogens (tertiary/aromatic N) is 1. The zero-order valence-corrected chi connectivity index (χ0v) is 13.7. The molecular formula is C17H14BrClN2. The molecule has 0 aliphatic carbocycles. The first-order valence-corrected chi connectivity index (χ1v) is 8.06. The van der Waals surface area contributed by atoms with Crippen LogP contribution in [0.4, 0.5) is 11.5 Å². The van der Waals surface area contributed by atoms with Crippen LogP contribution in [-0.4, -0.2) is 10.9 Å². The van der Waals surface area contributed by atoms with Gasteiger partial charge in [-0.25, -0.2) is 4.98 Å². The molecule has 4 heteroatoms. The Kier molecular flexibility index (Phi) is 4.42. The molecule has 0 aliphatic rings. The maximum atomic E-state index is 5.76. The van der Waals surface area contributed by atoms with Gasteiger partial charge in [0.05, 0.1) is 0 Å². The van der Waals surface area contributed by atoms with Gasteiger partial charge in [-0.3, -0.25) is 0 Å². The second kappa shape index (κ2) is 6.46. The fourth-order valence-corrected chi connectivity index (χ4v) is 2.99. The van der Waals surface area contributed by atoms with E-state index in [2.05, 4.69) is 56.6 Å². The van der Waals surface area contributed by atoms with Crippen molar-refractivity contribution in [3.05, 3.63) is 64.8 Å². The number of nitrogens with one attached hydrogen (secondary N) is 1. The molecule has 21 heavy (non-hydrogen) atoms. The van der Waals surface area contributed by atoms with Gasteiger partial charge in [0.15, 0.2) is 0 Å². The zero-order chi connectivity index (χ0) is 14.7. The molecule has 0 unspecified atom stereocenters. The Bertz CT molecular complexity index is 756. The number of aromatic nitrogens is 1. The van der Waals surface area contributed by atoms with Crippen LogP contribution in [0.3, 0.4) is 0 Å². The number of alkyl halides is 1. The molecule has 3 rings (SSSR count). The van der Waals surface area contributed by atoms with E-state index in [0.717, 1.165) is 33.2 Å². The van der Waals surface area contributed by atoms with E-state index < -0.39 is 0 Å². The minimum atomic E-state index is 0.645. The molecule has 0 amide bonds. The number of hydrogen-bond acceptors (Lipinski definition) is 2. The van der Waals surface area contributed by atoms with E-state index in [0.29, 0.717) is 5.88 Å². The Morgan fingerprint density at radius 3 is 2.57 bits per heavy atom. The lowest BCUT2D eigenvalue weighted by atomic mass is 10.1. The van der Waals surface area contributed by atoms with Gasteiger partial charge in [-0.15, -0.1) is 11.6 Å². The van der Waals surface area contributed by atoms with Crippen molar-refractivity contribution in [1.29, 1.82) is 0 Å². The number of hydrogen-bond donors (Lipinski definition) is 1. The van der Waals surface area contributed by atoms with Gasteiger partial charge in [-0.05, 0) is 36.2 Å². The van der Waals surface area contributed by atoms with Crippen molar-refractivity contribution in [2.45, 2.75) is 6.42 Å². The van der Waals surface area contributed by atoms with Crippen molar-refractivity contribution >= 4 is 49.8 Å². The van der Waals surface area contributed by atoms with E-state index >= 15 is 0 Å². The summed E-state index contributed by atoms with van der Waals surface area (Å²) in [5, 5.41) is 5.62. The molecule has 3 aromatic rings. The normalized spacial score (nSPS) is 10.8. The van der Waals surface area contributed by atoms with Crippen LogP contribution in [0, 0.1) is 0 Å². The highest BCUT2D eigenvalue weighted by Gasteiger charge is 2.05. The summed E-state index contributed by atoms with van der Waals surface area (Å²) >= 11 is 9.33.